The van der Waals surface area contributed by atoms with Crippen LogP contribution < -0.4 is 10.2 Å². The number of thioether (sulfide) groups is 1. The first-order valence-corrected chi connectivity index (χ1v) is 12.1. The Morgan fingerprint density at radius 2 is 2.12 bits per heavy atom. The van der Waals surface area contributed by atoms with E-state index in [1.54, 1.807) is 12.3 Å². The van der Waals surface area contributed by atoms with Gasteiger partial charge in [0.2, 0.25) is 0 Å². The molecule has 4 heterocycles. The van der Waals surface area contributed by atoms with Crippen molar-refractivity contribution in [2.75, 3.05) is 11.4 Å². The largest absolute Gasteiger partial charge is 0.455 e. The first kappa shape index (κ1) is 22.3. The van der Waals surface area contributed by atoms with Crippen LogP contribution >= 0.6 is 11.8 Å². The summed E-state index contributed by atoms with van der Waals surface area (Å²) >= 11 is 1.53. The fraction of sp³-hybridized carbons (Fsp3) is 0.417. The lowest BCUT2D eigenvalue weighted by atomic mass is 10.0. The second kappa shape index (κ2) is 10.6. The smallest absolute Gasteiger partial charge is 0.287 e. The average Bonchev–Trinajstić information content (AvgIpc) is 3.31. The molecule has 1 fully saturated rings. The average molecular weight is 452 g/mol. The van der Waals surface area contributed by atoms with E-state index in [-0.39, 0.29) is 5.91 Å². The minimum Gasteiger partial charge on any atom is -0.455 e. The monoisotopic (exact) mass is 451 g/mol. The van der Waals surface area contributed by atoms with Crippen LogP contribution in [-0.4, -0.2) is 33.4 Å². The van der Waals surface area contributed by atoms with Crippen LogP contribution in [-0.2, 0) is 18.7 Å². The molecule has 0 aliphatic carbocycles. The molecule has 32 heavy (non-hydrogen) atoms. The molecule has 1 aliphatic rings. The van der Waals surface area contributed by atoms with Crippen LogP contribution in [0, 0.1) is 0 Å². The quantitative estimate of drug-likeness (QED) is 0.395. The topological polar surface area (TPSA) is 84.2 Å². The van der Waals surface area contributed by atoms with Gasteiger partial charge in [-0.1, -0.05) is 24.8 Å². The lowest BCUT2D eigenvalue weighted by Crippen LogP contribution is -2.38. The second-order valence-electron chi connectivity index (χ2n) is 7.95. The summed E-state index contributed by atoms with van der Waals surface area (Å²) in [6, 6.07) is 11.8. The number of carbonyl (C=O) groups is 1. The Morgan fingerprint density at radius 1 is 1.22 bits per heavy atom. The summed E-state index contributed by atoms with van der Waals surface area (Å²) in [5.41, 5.74) is 1.85. The molecule has 0 bridgehead atoms. The zero-order chi connectivity index (χ0) is 22.3. The number of aromatic nitrogens is 3. The van der Waals surface area contributed by atoms with Gasteiger partial charge in [-0.3, -0.25) is 9.78 Å². The van der Waals surface area contributed by atoms with E-state index in [1.165, 1.54) is 31.0 Å². The number of hydrogen-bond acceptors (Lipinski definition) is 7. The van der Waals surface area contributed by atoms with Crippen molar-refractivity contribution in [3.05, 3.63) is 65.5 Å². The Balaban J connectivity index is 1.38. The molecule has 1 aliphatic heterocycles. The van der Waals surface area contributed by atoms with Crippen LogP contribution in [0.15, 0.2) is 52.2 Å². The first-order chi connectivity index (χ1) is 15.6. The molecule has 168 valence electrons. The summed E-state index contributed by atoms with van der Waals surface area (Å²) in [5, 5.41) is 3.58. The van der Waals surface area contributed by atoms with Gasteiger partial charge in [0.05, 0.1) is 18.0 Å². The molecule has 8 heteroatoms. The van der Waals surface area contributed by atoms with Crippen LogP contribution in [0.1, 0.15) is 60.8 Å². The highest BCUT2D eigenvalue weighted by atomic mass is 32.2. The van der Waals surface area contributed by atoms with E-state index in [1.807, 2.05) is 24.3 Å². The molecule has 1 amide bonds. The van der Waals surface area contributed by atoms with Crippen LogP contribution in [0.2, 0.25) is 0 Å². The normalized spacial score (nSPS) is 16.2. The second-order valence-corrected chi connectivity index (χ2v) is 8.89. The standard InChI is InChI=1S/C24H29N5O2S/c1-3-18-14-22(29-13-7-5-8-17(29)2)28-24(27-18)32-16-20-10-11-21(31-20)23(30)26-15-19-9-4-6-12-25-19/h4,6,9-12,14,17H,3,5,7-8,13,15-16H2,1-2H3,(H,26,30). The van der Waals surface area contributed by atoms with Gasteiger partial charge in [-0.15, -0.1) is 0 Å². The van der Waals surface area contributed by atoms with E-state index in [0.29, 0.717) is 24.1 Å². The fourth-order valence-electron chi connectivity index (χ4n) is 3.76. The highest BCUT2D eigenvalue weighted by molar-refractivity contribution is 7.98. The SMILES string of the molecule is CCc1cc(N2CCCCC2C)nc(SCc2ccc(C(=O)NCc3ccccn3)o2)n1. The van der Waals surface area contributed by atoms with Crippen LogP contribution in [0.5, 0.6) is 0 Å². The third-order valence-electron chi connectivity index (χ3n) is 5.59. The van der Waals surface area contributed by atoms with E-state index in [9.17, 15) is 4.79 Å². The lowest BCUT2D eigenvalue weighted by Gasteiger charge is -2.34. The Morgan fingerprint density at radius 3 is 2.91 bits per heavy atom. The van der Waals surface area contributed by atoms with Crippen LogP contribution in [0.25, 0.3) is 0 Å². The minimum absolute atomic E-state index is 0.252. The predicted octanol–water partition coefficient (Wildman–Crippen LogP) is 4.63. The molecular formula is C24H29N5O2S. The number of nitrogens with one attached hydrogen (secondary N) is 1. The number of hydrogen-bond donors (Lipinski definition) is 1. The first-order valence-electron chi connectivity index (χ1n) is 11.2. The summed E-state index contributed by atoms with van der Waals surface area (Å²) < 4.78 is 5.76. The van der Waals surface area contributed by atoms with Gasteiger partial charge >= 0.3 is 0 Å². The fourth-order valence-corrected chi connectivity index (χ4v) is 4.53. The van der Waals surface area contributed by atoms with Crippen molar-refractivity contribution >= 4 is 23.5 Å². The van der Waals surface area contributed by atoms with Gasteiger partial charge in [0.15, 0.2) is 10.9 Å². The van der Waals surface area contributed by atoms with Gasteiger partial charge in [-0.05, 0) is 56.9 Å². The molecular weight excluding hydrogens is 422 g/mol. The van der Waals surface area contributed by atoms with Gasteiger partial charge in [0.1, 0.15) is 11.6 Å². The van der Waals surface area contributed by atoms with E-state index >= 15 is 0 Å². The van der Waals surface area contributed by atoms with E-state index in [0.717, 1.165) is 41.1 Å². The Hall–Kier alpha value is -2.87. The summed E-state index contributed by atoms with van der Waals surface area (Å²) in [5.74, 6) is 2.34. The number of nitrogens with zero attached hydrogens (tertiary/aromatic N) is 4. The molecule has 1 saturated heterocycles. The molecule has 4 rings (SSSR count). The Labute approximate surface area is 193 Å². The number of piperidine rings is 1. The molecule has 1 unspecified atom stereocenters. The number of carbonyl (C=O) groups excluding carboxylic acids is 1. The van der Waals surface area contributed by atoms with Gasteiger partial charge < -0.3 is 14.6 Å². The number of rotatable bonds is 8. The zero-order valence-electron chi connectivity index (χ0n) is 18.6. The maximum Gasteiger partial charge on any atom is 0.287 e. The van der Waals surface area contributed by atoms with Gasteiger partial charge in [0, 0.05) is 30.5 Å². The minimum atomic E-state index is -0.252. The van der Waals surface area contributed by atoms with Crippen molar-refractivity contribution < 1.29 is 9.21 Å². The molecule has 0 aromatic carbocycles. The molecule has 0 spiro atoms. The van der Waals surface area contributed by atoms with Crippen molar-refractivity contribution in [3.8, 4) is 0 Å². The predicted molar refractivity (Wildman–Crippen MR) is 126 cm³/mol. The van der Waals surface area contributed by atoms with E-state index in [4.69, 9.17) is 9.40 Å². The maximum absolute atomic E-state index is 12.4. The third-order valence-corrected chi connectivity index (χ3v) is 6.46. The van der Waals surface area contributed by atoms with Crippen LogP contribution in [0.4, 0.5) is 5.82 Å². The zero-order valence-corrected chi connectivity index (χ0v) is 19.4. The number of aryl methyl sites for hydroxylation is 1. The van der Waals surface area contributed by atoms with Crippen molar-refractivity contribution in [2.24, 2.45) is 0 Å². The van der Waals surface area contributed by atoms with Gasteiger partial charge in [-0.25, -0.2) is 9.97 Å². The van der Waals surface area contributed by atoms with Crippen molar-refractivity contribution in [1.29, 1.82) is 0 Å². The number of pyridine rings is 1. The third kappa shape index (κ3) is 5.68. The van der Waals surface area contributed by atoms with E-state index in [2.05, 4.69) is 40.1 Å². The van der Waals surface area contributed by atoms with Crippen molar-refractivity contribution in [1.82, 2.24) is 20.3 Å². The molecule has 1 N–H and O–H groups in total. The molecule has 1 atom stereocenters. The van der Waals surface area contributed by atoms with Crippen molar-refractivity contribution in [2.45, 2.75) is 63.0 Å². The summed E-state index contributed by atoms with van der Waals surface area (Å²) in [4.78, 5) is 28.5. The highest BCUT2D eigenvalue weighted by Crippen LogP contribution is 2.27. The molecule has 3 aromatic heterocycles. The summed E-state index contributed by atoms with van der Waals surface area (Å²) in [7, 11) is 0. The molecule has 0 saturated carbocycles. The highest BCUT2D eigenvalue weighted by Gasteiger charge is 2.21. The Bertz CT molecular complexity index is 1040. The summed E-state index contributed by atoms with van der Waals surface area (Å²) in [6.07, 6.45) is 6.26. The summed E-state index contributed by atoms with van der Waals surface area (Å²) in [6.45, 7) is 5.78. The van der Waals surface area contributed by atoms with Gasteiger partial charge in [-0.2, -0.15) is 0 Å². The maximum atomic E-state index is 12.4. The molecule has 7 nitrogen and oxygen atoms in total. The number of amides is 1. The van der Waals surface area contributed by atoms with Crippen LogP contribution in [0.3, 0.4) is 0 Å². The van der Waals surface area contributed by atoms with Crippen molar-refractivity contribution in [3.63, 3.8) is 0 Å². The Kier molecular flexibility index (Phi) is 7.42. The molecule has 3 aromatic rings. The van der Waals surface area contributed by atoms with Gasteiger partial charge in [0.25, 0.3) is 5.91 Å². The molecule has 0 radical (unpaired) electrons. The number of anilines is 1. The number of furan rings is 1. The van der Waals surface area contributed by atoms with E-state index < -0.39 is 0 Å². The lowest BCUT2D eigenvalue weighted by molar-refractivity contribution is 0.0921.